The molecule has 0 amide bonds. The number of esters is 1. The first-order valence-corrected chi connectivity index (χ1v) is 13.5. The number of rotatable bonds is 8. The topological polar surface area (TPSA) is 124 Å². The predicted octanol–water partition coefficient (Wildman–Crippen LogP) is 2.13. The van der Waals surface area contributed by atoms with Crippen LogP contribution in [0.25, 0.3) is 17.2 Å². The third kappa shape index (κ3) is 5.47. The van der Waals surface area contributed by atoms with Gasteiger partial charge < -0.3 is 18.8 Å². The molecule has 2 aliphatic rings. The molecule has 0 bridgehead atoms. The summed E-state index contributed by atoms with van der Waals surface area (Å²) < 4.78 is 51.4. The number of carbonyl (C=O) groups is 1. The molecule has 1 aromatic heterocycles. The summed E-state index contributed by atoms with van der Waals surface area (Å²) in [6, 6.07) is 14.7. The van der Waals surface area contributed by atoms with Crippen LogP contribution < -0.4 is 19.4 Å². The Bertz CT molecular complexity index is 1800. The molecule has 0 unspecified atom stereocenters. The summed E-state index contributed by atoms with van der Waals surface area (Å²) in [6.45, 7) is 4.24. The lowest BCUT2D eigenvalue weighted by Gasteiger charge is -2.17. The highest BCUT2D eigenvalue weighted by Crippen LogP contribution is 2.38. The van der Waals surface area contributed by atoms with Crippen LogP contribution in [0.4, 0.5) is 5.69 Å². The van der Waals surface area contributed by atoms with E-state index < -0.39 is 21.8 Å². The van der Waals surface area contributed by atoms with E-state index in [0.717, 1.165) is 11.2 Å². The van der Waals surface area contributed by atoms with Crippen molar-refractivity contribution in [2.45, 2.75) is 6.42 Å². The predicted molar refractivity (Wildman–Crippen MR) is 140 cm³/mol. The van der Waals surface area contributed by atoms with Gasteiger partial charge in [0.15, 0.2) is 5.75 Å². The van der Waals surface area contributed by atoms with E-state index in [4.69, 9.17) is 23.3 Å². The summed E-state index contributed by atoms with van der Waals surface area (Å²) in [7, 11) is -2.70. The highest BCUT2D eigenvalue weighted by molar-refractivity contribution is 7.85. The Hall–Kier alpha value is -4.68. The standard InChI is InChI=1S/C27H24N3O8S/c1-28-19-9-3-5-11-22(19)36-24(28)13-7-14-26-30(35-2)21(27(31)38-26)15-16-25-29(17-8-18-39(32,33)34)20-10-4-6-12-23(20)37-25/h3-7,9-16H,1,8,17-18H2,2H3/q+1/p+1. The number of fused-ring (bicyclic) bond motifs is 2. The van der Waals surface area contributed by atoms with Crippen LogP contribution in [0.2, 0.25) is 0 Å². The maximum absolute atomic E-state index is 12.7. The van der Waals surface area contributed by atoms with Gasteiger partial charge in [-0.2, -0.15) is 8.42 Å². The molecule has 200 valence electrons. The van der Waals surface area contributed by atoms with Crippen molar-refractivity contribution in [1.29, 1.82) is 0 Å². The molecule has 0 spiro atoms. The lowest BCUT2D eigenvalue weighted by Crippen LogP contribution is -2.30. The molecular formula is C27H25N3O8S+2. The molecule has 3 aromatic rings. The molecule has 0 atom stereocenters. The number of carbonyl (C=O) groups excluding carboxylic acids is 1. The van der Waals surface area contributed by atoms with Gasteiger partial charge in [-0.05, 0) is 30.7 Å². The maximum atomic E-state index is 12.7. The summed E-state index contributed by atoms with van der Waals surface area (Å²) in [5, 5.41) is 0. The number of para-hydroxylation sites is 4. The zero-order valence-electron chi connectivity index (χ0n) is 20.9. The average Bonchev–Trinajstić information content (AvgIpc) is 3.53. The van der Waals surface area contributed by atoms with Crippen LogP contribution in [0.15, 0.2) is 88.8 Å². The smallest absolute Gasteiger partial charge is 0.426 e. The normalized spacial score (nSPS) is 18.1. The van der Waals surface area contributed by atoms with Gasteiger partial charge >= 0.3 is 23.1 Å². The molecule has 3 heterocycles. The zero-order valence-corrected chi connectivity index (χ0v) is 21.7. The summed E-state index contributed by atoms with van der Waals surface area (Å²) in [5.41, 5.74) is 2.84. The van der Waals surface area contributed by atoms with Crippen LogP contribution in [0.3, 0.4) is 0 Å². The Morgan fingerprint density at radius 2 is 1.85 bits per heavy atom. The fraction of sp³-hybridized carbons (Fsp3) is 0.148. The minimum atomic E-state index is -4.10. The van der Waals surface area contributed by atoms with Crippen LogP contribution in [-0.4, -0.2) is 49.0 Å². The number of hydroxylamine groups is 1. The third-order valence-corrected chi connectivity index (χ3v) is 6.73. The molecule has 11 nitrogen and oxygen atoms in total. The average molecular weight is 552 g/mol. The molecular weight excluding hydrogens is 526 g/mol. The zero-order chi connectivity index (χ0) is 27.6. The quantitative estimate of drug-likeness (QED) is 0.194. The first kappa shape index (κ1) is 25.9. The number of aromatic nitrogens is 1. The Kier molecular flexibility index (Phi) is 7.05. The van der Waals surface area contributed by atoms with Crippen molar-refractivity contribution in [1.82, 2.24) is 0 Å². The van der Waals surface area contributed by atoms with Crippen molar-refractivity contribution >= 4 is 44.8 Å². The minimum Gasteiger partial charge on any atom is -0.439 e. The second-order valence-corrected chi connectivity index (χ2v) is 10.1. The van der Waals surface area contributed by atoms with E-state index in [0.29, 0.717) is 22.8 Å². The van der Waals surface area contributed by atoms with E-state index in [1.165, 1.54) is 17.9 Å². The highest BCUT2D eigenvalue weighted by atomic mass is 32.2. The molecule has 0 radical (unpaired) electrons. The molecule has 0 aliphatic carbocycles. The van der Waals surface area contributed by atoms with Crippen LogP contribution in [0, 0.1) is 6.72 Å². The second kappa shape index (κ2) is 10.6. The summed E-state index contributed by atoms with van der Waals surface area (Å²) in [4.78, 5) is 19.8. The Morgan fingerprint density at radius 3 is 2.62 bits per heavy atom. The van der Waals surface area contributed by atoms with E-state index in [-0.39, 0.29) is 24.6 Å². The molecule has 1 N–H and O–H groups in total. The number of anilines is 1. The van der Waals surface area contributed by atoms with Crippen molar-refractivity contribution in [2.75, 3.05) is 24.3 Å². The number of hydrogen-bond acceptors (Lipinski definition) is 8. The molecule has 2 aromatic carbocycles. The van der Waals surface area contributed by atoms with Crippen molar-refractivity contribution < 1.29 is 45.5 Å². The Morgan fingerprint density at radius 1 is 1.08 bits per heavy atom. The van der Waals surface area contributed by atoms with Crippen molar-refractivity contribution in [2.24, 2.45) is 0 Å². The second-order valence-electron chi connectivity index (χ2n) is 8.48. The maximum Gasteiger partial charge on any atom is 0.426 e. The van der Waals surface area contributed by atoms with Crippen molar-refractivity contribution in [3.8, 4) is 5.75 Å². The SMILES string of the molecule is C=[n+]1c(=CC=CC2=[N+](OC)C(=CC=C3Oc4ccccc4N3CCCS(=O)(=O)O)C(=O)O2)oc2ccccc21. The Labute approximate surface area is 223 Å². The number of hydrogen-bond donors (Lipinski definition) is 1. The molecule has 0 fully saturated rings. The van der Waals surface area contributed by atoms with E-state index in [1.54, 1.807) is 39.5 Å². The number of allylic oxidation sites excluding steroid dienone is 3. The summed E-state index contributed by atoms with van der Waals surface area (Å²) in [5.74, 6) is 0.0392. The number of cyclic esters (lactones) is 1. The van der Waals surface area contributed by atoms with Gasteiger partial charge in [0.05, 0.1) is 28.3 Å². The van der Waals surface area contributed by atoms with Gasteiger partial charge in [0.2, 0.25) is 11.5 Å². The molecule has 2 aliphatic heterocycles. The molecule has 0 saturated heterocycles. The number of nitrogens with zero attached hydrogens (tertiary/aromatic N) is 3. The number of benzene rings is 2. The van der Waals surface area contributed by atoms with E-state index >= 15 is 0 Å². The van der Waals surface area contributed by atoms with E-state index in [2.05, 4.69) is 6.72 Å². The lowest BCUT2D eigenvalue weighted by atomic mass is 10.2. The van der Waals surface area contributed by atoms with E-state index in [1.807, 2.05) is 42.5 Å². The minimum absolute atomic E-state index is 0.0954. The first-order chi connectivity index (χ1) is 18.7. The van der Waals surface area contributed by atoms with Crippen LogP contribution >= 0.6 is 0 Å². The molecule has 12 heteroatoms. The van der Waals surface area contributed by atoms with Gasteiger partial charge in [0.1, 0.15) is 13.8 Å². The van der Waals surface area contributed by atoms with Gasteiger partial charge in [-0.3, -0.25) is 9.39 Å². The van der Waals surface area contributed by atoms with Gasteiger partial charge in [0.25, 0.3) is 15.6 Å². The fourth-order valence-corrected chi connectivity index (χ4v) is 4.66. The monoisotopic (exact) mass is 551 g/mol. The lowest BCUT2D eigenvalue weighted by molar-refractivity contribution is -0.739. The van der Waals surface area contributed by atoms with Gasteiger partial charge in [0, 0.05) is 24.8 Å². The fourth-order valence-electron chi connectivity index (χ4n) is 4.17. The highest BCUT2D eigenvalue weighted by Gasteiger charge is 2.40. The molecule has 39 heavy (non-hydrogen) atoms. The largest absolute Gasteiger partial charge is 0.439 e. The van der Waals surface area contributed by atoms with E-state index in [9.17, 15) is 13.2 Å². The third-order valence-electron chi connectivity index (χ3n) is 5.93. The van der Waals surface area contributed by atoms with Gasteiger partial charge in [-0.1, -0.05) is 24.3 Å². The first-order valence-electron chi connectivity index (χ1n) is 11.9. The van der Waals surface area contributed by atoms with Crippen LogP contribution in [0.5, 0.6) is 5.75 Å². The number of ether oxygens (including phenoxy) is 2. The number of oxazole rings is 1. The molecule has 5 rings (SSSR count). The van der Waals surface area contributed by atoms with Gasteiger partial charge in [-0.15, -0.1) is 4.24 Å². The van der Waals surface area contributed by atoms with Crippen molar-refractivity contribution in [3.05, 3.63) is 96.7 Å². The van der Waals surface area contributed by atoms with Crippen LogP contribution in [0.1, 0.15) is 6.42 Å². The van der Waals surface area contributed by atoms with Crippen LogP contribution in [-0.2, 0) is 24.5 Å². The molecule has 0 saturated carbocycles. The summed E-state index contributed by atoms with van der Waals surface area (Å²) in [6.07, 6.45) is 8.08. The van der Waals surface area contributed by atoms with Crippen molar-refractivity contribution in [3.63, 3.8) is 0 Å². The summed E-state index contributed by atoms with van der Waals surface area (Å²) >= 11 is 0. The van der Waals surface area contributed by atoms with Gasteiger partial charge in [-0.25, -0.2) is 4.79 Å². The Balaban J connectivity index is 1.42.